The van der Waals surface area contributed by atoms with Gasteiger partial charge in [-0.2, -0.15) is 0 Å². The first-order valence-electron chi connectivity index (χ1n) is 2.63. The van der Waals surface area contributed by atoms with Crippen LogP contribution in [0.5, 0.6) is 0 Å². The van der Waals surface area contributed by atoms with Crippen LogP contribution in [0, 0.1) is 10.8 Å². The van der Waals surface area contributed by atoms with Crippen molar-refractivity contribution in [2.45, 2.75) is 0 Å². The van der Waals surface area contributed by atoms with Crippen molar-refractivity contribution in [2.75, 3.05) is 5.73 Å². The normalized spacial score (nSPS) is 9.20. The van der Waals surface area contributed by atoms with E-state index < -0.39 is 0 Å². The van der Waals surface area contributed by atoms with Crippen molar-refractivity contribution >= 4 is 12.2 Å². The average Bonchev–Trinajstić information content (AvgIpc) is 1.95. The van der Waals surface area contributed by atoms with E-state index in [-0.39, 0.29) is 11.3 Å². The number of nitrogens with zero attached hydrogens (tertiary/aromatic N) is 2. The summed E-state index contributed by atoms with van der Waals surface area (Å²) in [5.41, 5.74) is 5.31. The summed E-state index contributed by atoms with van der Waals surface area (Å²) in [5.74, 6) is 0.131. The van der Waals surface area contributed by atoms with Gasteiger partial charge in [-0.15, -0.1) is 0 Å². The zero-order chi connectivity index (χ0) is 7.56. The van der Waals surface area contributed by atoms with Crippen molar-refractivity contribution < 1.29 is 0 Å². The molecule has 0 radical (unpaired) electrons. The summed E-state index contributed by atoms with van der Waals surface area (Å²) in [5, 5.41) is 14.0. The number of nitrogens with one attached hydrogen (secondary N) is 2. The fraction of sp³-hybridized carbons (Fsp3) is 0. The van der Waals surface area contributed by atoms with Crippen LogP contribution in [-0.4, -0.2) is 15.9 Å². The molecule has 0 amide bonds. The molecule has 1 rings (SSSR count). The maximum absolute atomic E-state index is 7.22. The number of nitrogens with two attached hydrogens (primary N) is 1. The molecule has 1 aromatic rings. The van der Waals surface area contributed by atoms with Gasteiger partial charge in [0.1, 0.15) is 0 Å². The van der Waals surface area contributed by atoms with Gasteiger partial charge < -0.3 is 5.73 Å². The van der Waals surface area contributed by atoms with Crippen LogP contribution in [0.15, 0.2) is 12.4 Å². The van der Waals surface area contributed by atoms with Crippen molar-refractivity contribution in [3.8, 4) is 0 Å². The molecule has 0 unspecified atom stereocenters. The SMILES string of the molecule is N=Cn1ccnc(N)c1=N. The zero-order valence-corrected chi connectivity index (χ0v) is 5.20. The summed E-state index contributed by atoms with van der Waals surface area (Å²) < 4.78 is 1.27. The summed E-state index contributed by atoms with van der Waals surface area (Å²) in [6.45, 7) is 0. The summed E-state index contributed by atoms with van der Waals surface area (Å²) in [4.78, 5) is 3.65. The number of hydrogen-bond acceptors (Lipinski definition) is 4. The second-order valence-electron chi connectivity index (χ2n) is 1.70. The Labute approximate surface area is 57.2 Å². The Kier molecular flexibility index (Phi) is 1.49. The van der Waals surface area contributed by atoms with Crippen molar-refractivity contribution in [3.63, 3.8) is 0 Å². The van der Waals surface area contributed by atoms with Crippen molar-refractivity contribution in [1.82, 2.24) is 9.55 Å². The predicted octanol–water partition coefficient (Wildman–Crippen LogP) is -0.600. The van der Waals surface area contributed by atoms with Crippen LogP contribution in [0.25, 0.3) is 0 Å². The summed E-state index contributed by atoms with van der Waals surface area (Å²) in [6, 6.07) is 0. The number of anilines is 1. The first kappa shape index (κ1) is 6.47. The van der Waals surface area contributed by atoms with Crippen molar-refractivity contribution in [2.24, 2.45) is 0 Å². The number of nitrogen functional groups attached to an aromatic ring is 1. The van der Waals surface area contributed by atoms with E-state index in [1.54, 1.807) is 0 Å². The monoisotopic (exact) mass is 137 g/mol. The minimum atomic E-state index is 0.0394. The van der Waals surface area contributed by atoms with Crippen LogP contribution in [0.3, 0.4) is 0 Å². The van der Waals surface area contributed by atoms with Crippen LogP contribution in [0.4, 0.5) is 5.82 Å². The van der Waals surface area contributed by atoms with E-state index in [2.05, 4.69) is 4.98 Å². The minimum absolute atomic E-state index is 0.0394. The standard InChI is InChI=1S/C5H7N5/c6-3-10-2-1-9-4(7)5(10)8/h1-3,6,8H,(H2,7,9). The average molecular weight is 137 g/mol. The molecule has 0 spiro atoms. The zero-order valence-electron chi connectivity index (χ0n) is 5.20. The Morgan fingerprint density at radius 1 is 1.70 bits per heavy atom. The lowest BCUT2D eigenvalue weighted by atomic mass is 10.6. The molecule has 0 aliphatic rings. The van der Waals surface area contributed by atoms with Crippen LogP contribution in [-0.2, 0) is 0 Å². The fourth-order valence-electron chi connectivity index (χ4n) is 0.561. The lowest BCUT2D eigenvalue weighted by molar-refractivity contribution is 0.960. The third-order valence-corrected chi connectivity index (χ3v) is 1.08. The number of aromatic nitrogens is 2. The smallest absolute Gasteiger partial charge is 0.173 e. The second kappa shape index (κ2) is 2.30. The van der Waals surface area contributed by atoms with Gasteiger partial charge in [0.25, 0.3) is 0 Å². The molecule has 0 aliphatic heterocycles. The number of rotatable bonds is 1. The van der Waals surface area contributed by atoms with Gasteiger partial charge in [0, 0.05) is 12.4 Å². The molecule has 1 heterocycles. The highest BCUT2D eigenvalue weighted by Gasteiger charge is 1.90. The quantitative estimate of drug-likeness (QED) is 0.356. The first-order valence-corrected chi connectivity index (χ1v) is 2.63. The Hall–Kier alpha value is -1.65. The summed E-state index contributed by atoms with van der Waals surface area (Å²) >= 11 is 0. The maximum Gasteiger partial charge on any atom is 0.173 e. The Balaban J connectivity index is 3.42. The van der Waals surface area contributed by atoms with Crippen molar-refractivity contribution in [3.05, 3.63) is 17.9 Å². The van der Waals surface area contributed by atoms with E-state index in [0.29, 0.717) is 0 Å². The highest BCUT2D eigenvalue weighted by atomic mass is 15.0. The molecule has 0 aliphatic carbocycles. The molecule has 0 bridgehead atoms. The molecular weight excluding hydrogens is 130 g/mol. The van der Waals surface area contributed by atoms with Crippen LogP contribution in [0.1, 0.15) is 0 Å². The van der Waals surface area contributed by atoms with Crippen LogP contribution >= 0.6 is 0 Å². The third-order valence-electron chi connectivity index (χ3n) is 1.08. The van der Waals surface area contributed by atoms with Crippen LogP contribution in [0.2, 0.25) is 0 Å². The fourth-order valence-corrected chi connectivity index (χ4v) is 0.561. The molecule has 5 heteroatoms. The van der Waals surface area contributed by atoms with E-state index in [9.17, 15) is 0 Å². The lowest BCUT2D eigenvalue weighted by Gasteiger charge is -1.97. The van der Waals surface area contributed by atoms with E-state index in [1.165, 1.54) is 17.0 Å². The molecule has 4 N–H and O–H groups in total. The van der Waals surface area contributed by atoms with Gasteiger partial charge in [-0.1, -0.05) is 0 Å². The van der Waals surface area contributed by atoms with Gasteiger partial charge in [-0.05, 0) is 0 Å². The highest BCUT2D eigenvalue weighted by molar-refractivity contribution is 5.54. The Morgan fingerprint density at radius 3 is 2.90 bits per heavy atom. The largest absolute Gasteiger partial charge is 0.381 e. The highest BCUT2D eigenvalue weighted by Crippen LogP contribution is 1.80. The van der Waals surface area contributed by atoms with Gasteiger partial charge in [0.05, 0.1) is 6.34 Å². The predicted molar refractivity (Wildman–Crippen MR) is 36.7 cm³/mol. The topological polar surface area (TPSA) is 91.5 Å². The molecule has 5 nitrogen and oxygen atoms in total. The van der Waals surface area contributed by atoms with Gasteiger partial charge >= 0.3 is 0 Å². The molecule has 0 aromatic carbocycles. The molecule has 52 valence electrons. The summed E-state index contributed by atoms with van der Waals surface area (Å²) in [7, 11) is 0. The molecule has 0 fully saturated rings. The van der Waals surface area contributed by atoms with E-state index >= 15 is 0 Å². The molecule has 0 saturated carbocycles. The minimum Gasteiger partial charge on any atom is -0.381 e. The van der Waals surface area contributed by atoms with Crippen LogP contribution < -0.4 is 11.2 Å². The van der Waals surface area contributed by atoms with Gasteiger partial charge in [-0.25, -0.2) is 4.98 Å². The van der Waals surface area contributed by atoms with E-state index in [1.807, 2.05) is 0 Å². The Bertz CT molecular complexity index is 299. The van der Waals surface area contributed by atoms with Gasteiger partial charge in [-0.3, -0.25) is 15.4 Å². The lowest BCUT2D eigenvalue weighted by Crippen LogP contribution is -2.22. The van der Waals surface area contributed by atoms with E-state index in [0.717, 1.165) is 6.34 Å². The molecule has 1 aromatic heterocycles. The van der Waals surface area contributed by atoms with Crippen molar-refractivity contribution in [1.29, 1.82) is 10.8 Å². The Morgan fingerprint density at radius 2 is 2.40 bits per heavy atom. The van der Waals surface area contributed by atoms with Gasteiger partial charge in [0.15, 0.2) is 11.3 Å². The maximum atomic E-state index is 7.22. The molecule has 10 heavy (non-hydrogen) atoms. The molecular formula is C5H7N5. The van der Waals surface area contributed by atoms with Gasteiger partial charge in [0.2, 0.25) is 0 Å². The first-order chi connectivity index (χ1) is 4.75. The molecule has 0 saturated heterocycles. The third kappa shape index (κ3) is 0.883. The number of hydrogen-bond donors (Lipinski definition) is 3. The molecule has 0 atom stereocenters. The summed E-state index contributed by atoms with van der Waals surface area (Å²) in [6.07, 6.45) is 3.94. The second-order valence-corrected chi connectivity index (χ2v) is 1.70. The van der Waals surface area contributed by atoms with E-state index in [4.69, 9.17) is 16.6 Å².